The van der Waals surface area contributed by atoms with Gasteiger partial charge in [0, 0.05) is 6.07 Å². The fraction of sp³-hybridized carbons (Fsp3) is 0.217. The zero-order chi connectivity index (χ0) is 20.3. The van der Waals surface area contributed by atoms with Gasteiger partial charge in [-0.3, -0.25) is 0 Å². The van der Waals surface area contributed by atoms with Gasteiger partial charge < -0.3 is 9.47 Å². The molecule has 0 spiro atoms. The lowest BCUT2D eigenvalue weighted by Crippen LogP contribution is -2.26. The van der Waals surface area contributed by atoms with Crippen LogP contribution >= 0.6 is 0 Å². The summed E-state index contributed by atoms with van der Waals surface area (Å²) in [7, 11) is -3.86. The van der Waals surface area contributed by atoms with Crippen LogP contribution in [0.2, 0.25) is 0 Å². The van der Waals surface area contributed by atoms with Crippen molar-refractivity contribution in [1.82, 2.24) is 0 Å². The zero-order valence-corrected chi connectivity index (χ0v) is 17.0. The second-order valence-electron chi connectivity index (χ2n) is 6.83. The Morgan fingerprint density at radius 1 is 0.966 bits per heavy atom. The van der Waals surface area contributed by atoms with Gasteiger partial charge in [-0.25, -0.2) is 12.7 Å². The normalized spacial score (nSPS) is 15.7. The first-order chi connectivity index (χ1) is 14.1. The highest BCUT2D eigenvalue weighted by Gasteiger charge is 2.28. The Bertz CT molecular complexity index is 1030. The average Bonchev–Trinajstić information content (AvgIpc) is 3.58. The van der Waals surface area contributed by atoms with Gasteiger partial charge in [0.15, 0.2) is 0 Å². The molecule has 6 heteroatoms. The lowest BCUT2D eigenvalue weighted by atomic mass is 10.1. The second-order valence-corrected chi connectivity index (χ2v) is 8.62. The predicted octanol–water partition coefficient (Wildman–Crippen LogP) is 4.55. The van der Waals surface area contributed by atoms with Crippen molar-refractivity contribution in [3.8, 4) is 5.75 Å². The van der Waals surface area contributed by atoms with Crippen molar-refractivity contribution in [2.75, 3.05) is 17.5 Å². The smallest absolute Gasteiger partial charge is 0.268 e. The molecule has 150 valence electrons. The van der Waals surface area contributed by atoms with Crippen LogP contribution < -0.4 is 9.04 Å². The largest absolute Gasteiger partial charge is 0.490 e. The van der Waals surface area contributed by atoms with Gasteiger partial charge in [0.25, 0.3) is 10.0 Å². The summed E-state index contributed by atoms with van der Waals surface area (Å²) in [4.78, 5) is 0.189. The number of ether oxygens (including phenoxy) is 2. The highest BCUT2D eigenvalue weighted by atomic mass is 32.2. The summed E-state index contributed by atoms with van der Waals surface area (Å²) in [5, 5.41) is 0. The summed E-state index contributed by atoms with van der Waals surface area (Å²) in [5.74, 6) is 0.588. The van der Waals surface area contributed by atoms with E-state index in [0.29, 0.717) is 30.3 Å². The Hall–Kier alpha value is -2.83. The van der Waals surface area contributed by atoms with E-state index < -0.39 is 10.0 Å². The van der Waals surface area contributed by atoms with Crippen LogP contribution in [0.15, 0.2) is 83.8 Å². The minimum Gasteiger partial charge on any atom is -0.490 e. The SMILES string of the molecule is CCc1ccc(S(=O)(=O)N(c2ccccc2)c2ccccc2)cc1OCC1CO1. The first-order valence-corrected chi connectivity index (χ1v) is 11.1. The van der Waals surface area contributed by atoms with E-state index in [0.717, 1.165) is 12.0 Å². The van der Waals surface area contributed by atoms with Gasteiger partial charge in [0.1, 0.15) is 18.5 Å². The Morgan fingerprint density at radius 3 is 2.07 bits per heavy atom. The molecule has 1 unspecified atom stereocenters. The van der Waals surface area contributed by atoms with Gasteiger partial charge in [0.2, 0.25) is 0 Å². The number of rotatable bonds is 8. The molecule has 0 aliphatic carbocycles. The van der Waals surface area contributed by atoms with E-state index in [1.165, 1.54) is 4.31 Å². The molecule has 0 radical (unpaired) electrons. The molecule has 1 fully saturated rings. The predicted molar refractivity (Wildman–Crippen MR) is 113 cm³/mol. The summed E-state index contributed by atoms with van der Waals surface area (Å²) < 4.78 is 39.8. The second kappa shape index (κ2) is 8.27. The molecule has 1 atom stereocenters. The zero-order valence-electron chi connectivity index (χ0n) is 16.2. The van der Waals surface area contributed by atoms with E-state index in [4.69, 9.17) is 9.47 Å². The van der Waals surface area contributed by atoms with Crippen molar-refractivity contribution >= 4 is 21.4 Å². The van der Waals surface area contributed by atoms with Crippen LogP contribution in [0.25, 0.3) is 0 Å². The number of para-hydroxylation sites is 2. The number of hydrogen-bond donors (Lipinski definition) is 0. The minimum absolute atomic E-state index is 0.102. The Kier molecular flexibility index (Phi) is 5.56. The third-order valence-electron chi connectivity index (χ3n) is 4.77. The van der Waals surface area contributed by atoms with Crippen LogP contribution in [0.5, 0.6) is 5.75 Å². The maximum absolute atomic E-state index is 13.7. The van der Waals surface area contributed by atoms with E-state index in [1.807, 2.05) is 49.4 Å². The van der Waals surface area contributed by atoms with Crippen molar-refractivity contribution in [2.24, 2.45) is 0 Å². The molecule has 0 bridgehead atoms. The van der Waals surface area contributed by atoms with E-state index in [9.17, 15) is 8.42 Å². The molecule has 0 N–H and O–H groups in total. The van der Waals surface area contributed by atoms with Gasteiger partial charge in [-0.2, -0.15) is 0 Å². The Labute approximate surface area is 171 Å². The molecule has 1 heterocycles. The first kappa shape index (κ1) is 19.5. The maximum Gasteiger partial charge on any atom is 0.268 e. The van der Waals surface area contributed by atoms with Gasteiger partial charge in [-0.05, 0) is 42.3 Å². The lowest BCUT2D eigenvalue weighted by Gasteiger charge is -2.25. The third kappa shape index (κ3) is 4.28. The maximum atomic E-state index is 13.7. The fourth-order valence-corrected chi connectivity index (χ4v) is 4.63. The van der Waals surface area contributed by atoms with E-state index in [-0.39, 0.29) is 11.0 Å². The van der Waals surface area contributed by atoms with E-state index in [1.54, 1.807) is 36.4 Å². The van der Waals surface area contributed by atoms with Crippen molar-refractivity contribution in [3.05, 3.63) is 84.4 Å². The molecule has 5 nitrogen and oxygen atoms in total. The van der Waals surface area contributed by atoms with Crippen molar-refractivity contribution in [2.45, 2.75) is 24.3 Å². The van der Waals surface area contributed by atoms with Gasteiger partial charge >= 0.3 is 0 Å². The molecule has 3 aromatic rings. The molecular weight excluding hydrogens is 386 g/mol. The Balaban J connectivity index is 1.77. The van der Waals surface area contributed by atoms with Crippen LogP contribution in [0, 0.1) is 0 Å². The molecule has 3 aromatic carbocycles. The van der Waals surface area contributed by atoms with Gasteiger partial charge in [0.05, 0.1) is 22.9 Å². The van der Waals surface area contributed by atoms with E-state index in [2.05, 4.69) is 0 Å². The topological polar surface area (TPSA) is 59.1 Å². The van der Waals surface area contributed by atoms with Crippen LogP contribution in [0.3, 0.4) is 0 Å². The van der Waals surface area contributed by atoms with Crippen LogP contribution in [0.4, 0.5) is 11.4 Å². The lowest BCUT2D eigenvalue weighted by molar-refractivity contribution is 0.260. The Morgan fingerprint density at radius 2 is 1.55 bits per heavy atom. The summed E-state index contributed by atoms with van der Waals surface area (Å²) in [6.45, 7) is 3.14. The minimum atomic E-state index is -3.86. The highest BCUT2D eigenvalue weighted by molar-refractivity contribution is 7.93. The van der Waals surface area contributed by atoms with Crippen molar-refractivity contribution < 1.29 is 17.9 Å². The summed E-state index contributed by atoms with van der Waals surface area (Å²) in [6.07, 6.45) is 0.854. The quantitative estimate of drug-likeness (QED) is 0.512. The molecule has 0 saturated carbocycles. The molecule has 1 aliphatic heterocycles. The number of anilines is 2. The molecule has 0 amide bonds. The van der Waals surface area contributed by atoms with Gasteiger partial charge in [-0.1, -0.05) is 49.4 Å². The third-order valence-corrected chi connectivity index (χ3v) is 6.52. The van der Waals surface area contributed by atoms with E-state index >= 15 is 0 Å². The number of epoxide rings is 1. The first-order valence-electron chi connectivity index (χ1n) is 9.62. The summed E-state index contributed by atoms with van der Waals surface area (Å²) in [5.41, 5.74) is 2.12. The fourth-order valence-electron chi connectivity index (χ4n) is 3.13. The highest BCUT2D eigenvalue weighted by Crippen LogP contribution is 2.34. The van der Waals surface area contributed by atoms with Crippen molar-refractivity contribution in [1.29, 1.82) is 0 Å². The number of aryl methyl sites for hydroxylation is 1. The number of nitrogens with zero attached hydrogens (tertiary/aromatic N) is 1. The van der Waals surface area contributed by atoms with Gasteiger partial charge in [-0.15, -0.1) is 0 Å². The van der Waals surface area contributed by atoms with Crippen molar-refractivity contribution in [3.63, 3.8) is 0 Å². The molecule has 29 heavy (non-hydrogen) atoms. The average molecular weight is 410 g/mol. The molecule has 0 aromatic heterocycles. The van der Waals surface area contributed by atoms with Crippen LogP contribution in [-0.2, 0) is 21.2 Å². The number of sulfonamides is 1. The monoisotopic (exact) mass is 409 g/mol. The van der Waals surface area contributed by atoms with Crippen LogP contribution in [0.1, 0.15) is 12.5 Å². The summed E-state index contributed by atoms with van der Waals surface area (Å²) >= 11 is 0. The standard InChI is InChI=1S/C23H23NO4S/c1-2-18-13-14-22(15-23(18)28-17-21-16-27-21)29(25,26)24(19-9-5-3-6-10-19)20-11-7-4-8-12-20/h3-15,21H,2,16-17H2,1H3. The molecule has 4 rings (SSSR count). The number of benzene rings is 3. The molecule has 1 aliphatic rings. The number of hydrogen-bond acceptors (Lipinski definition) is 4. The molecular formula is C23H23NO4S. The van der Waals surface area contributed by atoms with Crippen LogP contribution in [-0.4, -0.2) is 27.7 Å². The molecule has 1 saturated heterocycles. The summed E-state index contributed by atoms with van der Waals surface area (Å²) in [6, 6.07) is 23.3.